The van der Waals surface area contributed by atoms with Crippen molar-refractivity contribution in [3.05, 3.63) is 24.6 Å². The summed E-state index contributed by atoms with van der Waals surface area (Å²) in [4.78, 5) is 0. The Kier molecular flexibility index (Phi) is 3.12. The normalized spacial score (nSPS) is 12.8. The fraction of sp³-hybridized carbons (Fsp3) is 0.333. The second-order valence-corrected chi connectivity index (χ2v) is 1.68. The van der Waals surface area contributed by atoms with Gasteiger partial charge in [0.15, 0.2) is 0 Å². The van der Waals surface area contributed by atoms with E-state index in [2.05, 4.69) is 13.2 Å². The maximum absolute atomic E-state index is 12.0. The van der Waals surface area contributed by atoms with Crippen LogP contribution < -0.4 is 5.73 Å². The largest absolute Gasteiger partial charge is 0.387 e. The number of nitrogens with two attached hydrogens (primary N) is 1. The van der Waals surface area contributed by atoms with E-state index in [1.165, 1.54) is 0 Å². The average Bonchev–Trinajstić information content (AvgIpc) is 1.84. The molecule has 0 saturated heterocycles. The van der Waals surface area contributed by atoms with Crippen LogP contribution in [-0.2, 0) is 0 Å². The third kappa shape index (κ3) is 2.39. The van der Waals surface area contributed by atoms with E-state index in [9.17, 15) is 4.39 Å². The number of halogens is 1. The highest BCUT2D eigenvalue weighted by molar-refractivity contribution is 5.22. The second kappa shape index (κ2) is 3.37. The first kappa shape index (κ1) is 8.33. The molecule has 0 fully saturated rings. The molecule has 0 aliphatic carbocycles. The summed E-state index contributed by atoms with van der Waals surface area (Å²) in [5, 5.41) is 8.77. The molecule has 2 nitrogen and oxygen atoms in total. The highest BCUT2D eigenvalue weighted by Gasteiger charge is 2.07. The van der Waals surface area contributed by atoms with Gasteiger partial charge in [0.25, 0.3) is 0 Å². The zero-order chi connectivity index (χ0) is 7.44. The van der Waals surface area contributed by atoms with Gasteiger partial charge in [0, 0.05) is 12.1 Å². The third-order valence-corrected chi connectivity index (χ3v) is 0.974. The summed E-state index contributed by atoms with van der Waals surface area (Å²) >= 11 is 0. The molecule has 0 rings (SSSR count). The van der Waals surface area contributed by atoms with E-state index in [1.54, 1.807) is 0 Å². The van der Waals surface area contributed by atoms with E-state index >= 15 is 0 Å². The van der Waals surface area contributed by atoms with Crippen molar-refractivity contribution in [2.75, 3.05) is 6.54 Å². The van der Waals surface area contributed by atoms with Crippen LogP contribution in [0.15, 0.2) is 24.6 Å². The van der Waals surface area contributed by atoms with Crippen LogP contribution in [0.3, 0.4) is 0 Å². The minimum atomic E-state index is -0.998. The Morgan fingerprint density at radius 3 is 2.22 bits per heavy atom. The molecule has 0 aromatic heterocycles. The second-order valence-electron chi connectivity index (χ2n) is 1.68. The topological polar surface area (TPSA) is 46.2 Å². The zero-order valence-corrected chi connectivity index (χ0v) is 5.10. The Morgan fingerprint density at radius 1 is 1.67 bits per heavy atom. The molecule has 0 aromatic rings. The van der Waals surface area contributed by atoms with Crippen molar-refractivity contribution in [2.24, 2.45) is 5.73 Å². The maximum Gasteiger partial charge on any atom is 0.121 e. The van der Waals surface area contributed by atoms with Gasteiger partial charge < -0.3 is 10.8 Å². The molecule has 0 heterocycles. The summed E-state index contributed by atoms with van der Waals surface area (Å²) in [5.74, 6) is -0.715. The summed E-state index contributed by atoms with van der Waals surface area (Å²) in [7, 11) is 0. The molecule has 3 heteroatoms. The fourth-order valence-corrected chi connectivity index (χ4v) is 0.323. The van der Waals surface area contributed by atoms with Crippen molar-refractivity contribution in [1.82, 2.24) is 0 Å². The minimum Gasteiger partial charge on any atom is -0.387 e. The lowest BCUT2D eigenvalue weighted by molar-refractivity contribution is 0.218. The standard InChI is InChI=1S/C6H10FNO/c1-4(5(2)7)6(9)3-8/h6,9H,1-3,8H2. The molecule has 0 spiro atoms. The van der Waals surface area contributed by atoms with Gasteiger partial charge in [-0.3, -0.25) is 0 Å². The molecule has 0 radical (unpaired) electrons. The molecule has 0 aromatic carbocycles. The SMILES string of the molecule is C=C(F)C(=C)C(O)CN. The van der Waals surface area contributed by atoms with E-state index in [4.69, 9.17) is 10.8 Å². The van der Waals surface area contributed by atoms with E-state index in [-0.39, 0.29) is 12.1 Å². The number of hydrogen-bond donors (Lipinski definition) is 2. The van der Waals surface area contributed by atoms with Crippen molar-refractivity contribution >= 4 is 0 Å². The summed E-state index contributed by atoms with van der Waals surface area (Å²) in [6.45, 7) is 6.14. The van der Waals surface area contributed by atoms with Gasteiger partial charge in [0.2, 0.25) is 0 Å². The summed E-state index contributed by atoms with van der Waals surface area (Å²) in [5.41, 5.74) is 4.95. The van der Waals surface area contributed by atoms with Crippen molar-refractivity contribution in [3.63, 3.8) is 0 Å². The summed E-state index contributed by atoms with van der Waals surface area (Å²) in [6.07, 6.45) is -0.998. The molecular formula is C6H10FNO. The number of hydrogen-bond acceptors (Lipinski definition) is 2. The predicted octanol–water partition coefficient (Wildman–Crippen LogP) is 0.345. The molecule has 0 aliphatic rings. The van der Waals surface area contributed by atoms with Gasteiger partial charge in [-0.05, 0) is 0 Å². The number of aliphatic hydroxyl groups excluding tert-OH is 1. The first-order valence-corrected chi connectivity index (χ1v) is 2.51. The van der Waals surface area contributed by atoms with Crippen LogP contribution in [0.4, 0.5) is 4.39 Å². The fourth-order valence-electron chi connectivity index (χ4n) is 0.323. The highest BCUT2D eigenvalue weighted by atomic mass is 19.1. The van der Waals surface area contributed by atoms with E-state index in [1.807, 2.05) is 0 Å². The molecule has 0 aliphatic heterocycles. The molecule has 0 bridgehead atoms. The Balaban J connectivity index is 3.88. The van der Waals surface area contributed by atoms with Gasteiger partial charge in [0.05, 0.1) is 6.10 Å². The Morgan fingerprint density at radius 2 is 2.11 bits per heavy atom. The van der Waals surface area contributed by atoms with Gasteiger partial charge in [-0.25, -0.2) is 4.39 Å². The molecule has 9 heavy (non-hydrogen) atoms. The Bertz CT molecular complexity index is 133. The average molecular weight is 131 g/mol. The van der Waals surface area contributed by atoms with Gasteiger partial charge in [0.1, 0.15) is 5.83 Å². The monoisotopic (exact) mass is 131 g/mol. The summed E-state index contributed by atoms with van der Waals surface area (Å²) in [6, 6.07) is 0. The van der Waals surface area contributed by atoms with E-state index in [0.717, 1.165) is 0 Å². The van der Waals surface area contributed by atoms with Crippen LogP contribution in [0.25, 0.3) is 0 Å². The first-order chi connectivity index (χ1) is 4.09. The van der Waals surface area contributed by atoms with Gasteiger partial charge in [-0.2, -0.15) is 0 Å². The van der Waals surface area contributed by atoms with Crippen LogP contribution >= 0.6 is 0 Å². The van der Waals surface area contributed by atoms with Crippen LogP contribution in [0.1, 0.15) is 0 Å². The molecule has 0 saturated carbocycles. The predicted molar refractivity (Wildman–Crippen MR) is 34.4 cm³/mol. The van der Waals surface area contributed by atoms with Crippen LogP contribution in [0, 0.1) is 0 Å². The van der Waals surface area contributed by atoms with Crippen molar-refractivity contribution in [3.8, 4) is 0 Å². The Labute approximate surface area is 53.5 Å². The van der Waals surface area contributed by atoms with Crippen LogP contribution in [-0.4, -0.2) is 17.8 Å². The highest BCUT2D eigenvalue weighted by Crippen LogP contribution is 2.09. The zero-order valence-electron chi connectivity index (χ0n) is 5.10. The first-order valence-electron chi connectivity index (χ1n) is 2.51. The molecule has 0 amide bonds. The molecule has 3 N–H and O–H groups in total. The molecule has 1 unspecified atom stereocenters. The molecule has 1 atom stereocenters. The van der Waals surface area contributed by atoms with Crippen molar-refractivity contribution in [1.29, 1.82) is 0 Å². The van der Waals surface area contributed by atoms with Crippen molar-refractivity contribution in [2.45, 2.75) is 6.10 Å². The third-order valence-electron chi connectivity index (χ3n) is 0.974. The lowest BCUT2D eigenvalue weighted by Gasteiger charge is -2.06. The van der Waals surface area contributed by atoms with E-state index < -0.39 is 11.9 Å². The van der Waals surface area contributed by atoms with Crippen LogP contribution in [0.5, 0.6) is 0 Å². The Hall–Kier alpha value is -0.670. The number of rotatable bonds is 3. The van der Waals surface area contributed by atoms with Gasteiger partial charge >= 0.3 is 0 Å². The smallest absolute Gasteiger partial charge is 0.121 e. The lowest BCUT2D eigenvalue weighted by Crippen LogP contribution is -2.21. The number of aliphatic hydroxyl groups is 1. The maximum atomic E-state index is 12.0. The minimum absolute atomic E-state index is 0.0260. The molecule has 52 valence electrons. The molecular weight excluding hydrogens is 121 g/mol. The lowest BCUT2D eigenvalue weighted by atomic mass is 10.1. The van der Waals surface area contributed by atoms with Gasteiger partial charge in [-0.15, -0.1) is 0 Å². The quantitative estimate of drug-likeness (QED) is 0.543. The van der Waals surface area contributed by atoms with Gasteiger partial charge in [-0.1, -0.05) is 13.2 Å². The van der Waals surface area contributed by atoms with Crippen LogP contribution in [0.2, 0.25) is 0 Å². The van der Waals surface area contributed by atoms with E-state index in [0.29, 0.717) is 0 Å². The van der Waals surface area contributed by atoms with Crippen molar-refractivity contribution < 1.29 is 9.50 Å². The summed E-state index contributed by atoms with van der Waals surface area (Å²) < 4.78 is 12.0.